The van der Waals surface area contributed by atoms with Crippen LogP contribution in [0.1, 0.15) is 163 Å². The third kappa shape index (κ3) is 14.2. The van der Waals surface area contributed by atoms with Crippen LogP contribution < -0.4 is 42.7 Å². The van der Waals surface area contributed by atoms with Gasteiger partial charge in [0.25, 0.3) is 34.7 Å². The second-order valence-corrected chi connectivity index (χ2v) is 27.5. The molecule has 0 spiro atoms. The molecule has 0 radical (unpaired) electrons. The third-order valence-corrected chi connectivity index (χ3v) is 19.1. The van der Waals surface area contributed by atoms with E-state index in [1.165, 1.54) is 24.3 Å². The van der Waals surface area contributed by atoms with Gasteiger partial charge in [-0.05, 0) is 129 Å². The molecule has 0 unspecified atom stereocenters. The van der Waals surface area contributed by atoms with E-state index in [0.29, 0.717) is 59.4 Å². The van der Waals surface area contributed by atoms with Crippen LogP contribution in [0.5, 0.6) is 11.5 Å². The minimum atomic E-state index is -0.819. The number of nitrogens with two attached hydrogens (primary N) is 2. The van der Waals surface area contributed by atoms with E-state index in [0.717, 1.165) is 31.6 Å². The maximum Gasteiger partial charge on any atom is 0.277 e. The van der Waals surface area contributed by atoms with Crippen molar-refractivity contribution >= 4 is 105 Å². The Morgan fingerprint density at radius 3 is 1.11 bits per heavy atom. The van der Waals surface area contributed by atoms with Crippen LogP contribution in [0.15, 0.2) is 107 Å². The Bertz CT molecular complexity index is 3990. The highest BCUT2D eigenvalue weighted by Crippen LogP contribution is 2.50. The second kappa shape index (κ2) is 27.4. The number of ether oxygens (including phenoxy) is 2. The van der Waals surface area contributed by atoms with Gasteiger partial charge in [-0.3, -0.25) is 39.0 Å². The third-order valence-electron chi connectivity index (χ3n) is 17.5. The first-order valence-electron chi connectivity index (χ1n) is 29.7. The Balaban J connectivity index is 1.37. The van der Waals surface area contributed by atoms with E-state index < -0.39 is 76.0 Å². The highest BCUT2D eigenvalue weighted by Gasteiger charge is 2.37. The van der Waals surface area contributed by atoms with Gasteiger partial charge in [-0.15, -0.1) is 0 Å². The molecular formula is C69H74Cl6N8O8. The zero-order chi connectivity index (χ0) is 67.0. The molecule has 4 amide bonds. The summed E-state index contributed by atoms with van der Waals surface area (Å²) in [6, 6.07) is 27.0. The number of primary amides is 2. The van der Waals surface area contributed by atoms with Crippen LogP contribution >= 0.6 is 69.6 Å². The second-order valence-electron chi connectivity index (χ2n) is 25.0. The fourth-order valence-electron chi connectivity index (χ4n) is 11.1. The normalized spacial score (nSPS) is 12.1. The summed E-state index contributed by atoms with van der Waals surface area (Å²) < 4.78 is 14.4. The van der Waals surface area contributed by atoms with Crippen molar-refractivity contribution in [3.05, 3.63) is 192 Å². The van der Waals surface area contributed by atoms with Gasteiger partial charge in [-0.1, -0.05) is 201 Å². The lowest BCUT2D eigenvalue weighted by Gasteiger charge is -2.35. The van der Waals surface area contributed by atoms with Crippen LogP contribution in [0.25, 0.3) is 33.6 Å². The molecule has 16 nitrogen and oxygen atoms in total. The summed E-state index contributed by atoms with van der Waals surface area (Å²) in [6.45, 7) is 24.0. The predicted molar refractivity (Wildman–Crippen MR) is 368 cm³/mol. The van der Waals surface area contributed by atoms with Crippen LogP contribution in [0.4, 0.5) is 11.6 Å². The fourth-order valence-corrected chi connectivity index (χ4v) is 13.1. The summed E-state index contributed by atoms with van der Waals surface area (Å²) in [4.78, 5) is 86.6. The lowest BCUT2D eigenvalue weighted by molar-refractivity contribution is -0.120. The smallest absolute Gasteiger partial charge is 0.277 e. The molecule has 2 heterocycles. The van der Waals surface area contributed by atoms with Gasteiger partial charge in [-0.25, -0.2) is 9.36 Å². The minimum Gasteiger partial charge on any atom is -0.483 e. The largest absolute Gasteiger partial charge is 0.483 e. The molecular weight excluding hydrogens is 1280 g/mol. The molecule has 8 N–H and O–H groups in total. The van der Waals surface area contributed by atoms with E-state index in [9.17, 15) is 9.59 Å². The molecule has 0 bridgehead atoms. The molecule has 0 fully saturated rings. The van der Waals surface area contributed by atoms with Gasteiger partial charge in [0, 0.05) is 38.7 Å². The van der Waals surface area contributed by atoms with Crippen molar-refractivity contribution in [3.8, 4) is 45.1 Å². The number of carbonyl (C=O) groups excluding carboxylic acids is 4. The first-order chi connectivity index (χ1) is 42.7. The average molecular weight is 1360 g/mol. The monoisotopic (exact) mass is 1350 g/mol. The summed E-state index contributed by atoms with van der Waals surface area (Å²) in [5.41, 5.74) is 13.0. The molecule has 8 aromatic rings. The predicted octanol–water partition coefficient (Wildman–Crippen LogP) is 16.5. The number of halogens is 6. The number of carbonyl (C=O) groups is 4. The first kappa shape index (κ1) is 69.4. The zero-order valence-corrected chi connectivity index (χ0v) is 57.3. The van der Waals surface area contributed by atoms with Crippen molar-refractivity contribution in [2.24, 2.45) is 11.5 Å². The Morgan fingerprint density at radius 2 is 0.802 bits per heavy atom. The molecule has 91 heavy (non-hydrogen) atoms. The average Bonchev–Trinajstić information content (AvgIpc) is 1.15. The quantitative estimate of drug-likeness (QED) is 0.0339. The standard InChI is InChI=1S/C69H74Cl6N8O8/c1-13-66(5,6)44-25-27-50(90-34-52(76)84)56(68(9,10)15-3)54(44)38-21-17-19-23-40(38)62(86)78-60-42(64(88)82(80-60)58-46(72)29-36(70)30-47(58)73)33-43-61(81-83(65(43)89)59-48(74)31-37(71)32-49(59)75)79-63(87)41-24-20-18-22-39(41)55-45(67(7,8)14-2)26-28-51(91-35-53(77)85)57(55)69(11,12)16-4/h17-32,80-81H,13-16,33-35H2,1-12H3,(H2,76,84)(H2,77,85)(H,78,86)(H,79,87). The molecule has 0 aliphatic rings. The zero-order valence-electron chi connectivity index (χ0n) is 52.8. The number of H-pyrrole nitrogens is 2. The van der Waals surface area contributed by atoms with Gasteiger partial charge < -0.3 is 31.6 Å². The molecule has 22 heteroatoms. The summed E-state index contributed by atoms with van der Waals surface area (Å²) in [5, 5.41) is 12.2. The summed E-state index contributed by atoms with van der Waals surface area (Å²) >= 11 is 40.2. The van der Waals surface area contributed by atoms with Crippen LogP contribution in [-0.4, -0.2) is 56.4 Å². The molecule has 0 aliphatic heterocycles. The van der Waals surface area contributed by atoms with Crippen molar-refractivity contribution in [1.82, 2.24) is 19.6 Å². The molecule has 8 rings (SSSR count). The molecule has 480 valence electrons. The van der Waals surface area contributed by atoms with Gasteiger partial charge in [-0.2, -0.15) is 0 Å². The van der Waals surface area contributed by atoms with E-state index in [-0.39, 0.29) is 75.4 Å². The van der Waals surface area contributed by atoms with E-state index >= 15 is 19.2 Å². The van der Waals surface area contributed by atoms with Gasteiger partial charge in [0.15, 0.2) is 13.2 Å². The number of anilines is 2. The Morgan fingerprint density at radius 1 is 0.484 bits per heavy atom. The van der Waals surface area contributed by atoms with E-state index in [1.54, 1.807) is 36.4 Å². The number of nitrogens with one attached hydrogen (secondary N) is 4. The van der Waals surface area contributed by atoms with Crippen molar-refractivity contribution in [1.29, 1.82) is 0 Å². The molecule has 6 aromatic carbocycles. The van der Waals surface area contributed by atoms with Crippen LogP contribution in [0.3, 0.4) is 0 Å². The molecule has 0 saturated carbocycles. The number of rotatable bonds is 24. The van der Waals surface area contributed by atoms with Gasteiger partial charge in [0.2, 0.25) is 0 Å². The maximum atomic E-state index is 15.6. The minimum absolute atomic E-state index is 0.0396. The van der Waals surface area contributed by atoms with E-state index in [1.807, 2.05) is 50.2 Å². The highest BCUT2D eigenvalue weighted by molar-refractivity contribution is 6.41. The lowest BCUT2D eigenvalue weighted by Crippen LogP contribution is -2.26. The number of aromatic amines is 2. The van der Waals surface area contributed by atoms with Gasteiger partial charge >= 0.3 is 0 Å². The number of hydrogen-bond donors (Lipinski definition) is 6. The van der Waals surface area contributed by atoms with Crippen molar-refractivity contribution in [3.63, 3.8) is 0 Å². The van der Waals surface area contributed by atoms with Crippen LogP contribution in [-0.2, 0) is 37.7 Å². The van der Waals surface area contributed by atoms with E-state index in [2.05, 4.69) is 90.1 Å². The highest BCUT2D eigenvalue weighted by atomic mass is 35.5. The molecule has 0 aliphatic carbocycles. The Hall–Kier alpha value is -7.44. The number of amides is 4. The first-order valence-corrected chi connectivity index (χ1v) is 32.0. The summed E-state index contributed by atoms with van der Waals surface area (Å²) in [7, 11) is 0. The van der Waals surface area contributed by atoms with Gasteiger partial charge in [0.05, 0.1) is 31.2 Å². The Kier molecular flexibility index (Phi) is 20.9. The van der Waals surface area contributed by atoms with Crippen LogP contribution in [0.2, 0.25) is 30.1 Å². The van der Waals surface area contributed by atoms with E-state index in [4.69, 9.17) is 90.5 Å². The number of aromatic nitrogens is 4. The fraction of sp³-hybridized carbons (Fsp3) is 0.333. The Labute approximate surface area is 559 Å². The van der Waals surface area contributed by atoms with Crippen molar-refractivity contribution in [2.75, 3.05) is 23.8 Å². The number of hydrogen-bond acceptors (Lipinski definition) is 8. The van der Waals surface area contributed by atoms with Gasteiger partial charge in [0.1, 0.15) is 34.5 Å². The van der Waals surface area contributed by atoms with Crippen LogP contribution in [0, 0.1) is 0 Å². The summed E-state index contributed by atoms with van der Waals surface area (Å²) in [6.07, 6.45) is 2.04. The lowest BCUT2D eigenvalue weighted by atomic mass is 9.70. The SMILES string of the molecule is CCC(C)(C)c1ccc(OCC(N)=O)c(C(C)(C)CC)c1-c1ccccc1C(=O)Nc1[nH]n(-c2c(Cl)cc(Cl)cc2Cl)c(=O)c1Cc1c(NC(=O)c2ccccc2-c2c(C(C)(C)CC)ccc(OCC(N)=O)c2C(C)(C)CC)[nH]n(-c2c(Cl)cc(Cl)cc2Cl)c1=O. The summed E-state index contributed by atoms with van der Waals surface area (Å²) in [5.74, 6) is -2.30. The number of nitrogens with zero attached hydrogens (tertiary/aromatic N) is 2. The topological polar surface area (TPSA) is 238 Å². The molecule has 0 saturated heterocycles. The molecule has 0 atom stereocenters. The number of benzene rings is 6. The van der Waals surface area contributed by atoms with Crippen molar-refractivity contribution in [2.45, 2.75) is 137 Å². The maximum absolute atomic E-state index is 15.6. The van der Waals surface area contributed by atoms with Crippen molar-refractivity contribution < 1.29 is 28.7 Å². The molecule has 2 aromatic heterocycles.